The molecule has 0 radical (unpaired) electrons. The van der Waals surface area contributed by atoms with E-state index in [9.17, 15) is 9.90 Å². The lowest BCUT2D eigenvalue weighted by atomic mass is 9.71. The minimum absolute atomic E-state index is 0.00573. The number of carbonyl (C=O) groups excluding carboxylic acids is 1. The highest BCUT2D eigenvalue weighted by Gasteiger charge is 2.44. The first kappa shape index (κ1) is 19.0. The summed E-state index contributed by atoms with van der Waals surface area (Å²) in [7, 11) is 0. The van der Waals surface area contributed by atoms with Gasteiger partial charge in [-0.1, -0.05) is 0 Å². The number of aromatic nitrogens is 3. The molecule has 1 spiro atoms. The number of amides is 1. The van der Waals surface area contributed by atoms with Gasteiger partial charge < -0.3 is 14.7 Å². The van der Waals surface area contributed by atoms with E-state index < -0.39 is 0 Å². The van der Waals surface area contributed by atoms with Crippen molar-refractivity contribution in [2.24, 2.45) is 5.41 Å². The highest BCUT2D eigenvalue weighted by molar-refractivity contribution is 5.99. The van der Waals surface area contributed by atoms with Crippen molar-refractivity contribution in [1.29, 1.82) is 0 Å². The maximum absolute atomic E-state index is 13.1. The topological polar surface area (TPSA) is 83.2 Å². The molecule has 2 aromatic heterocycles. The lowest BCUT2D eigenvalue weighted by molar-refractivity contribution is -0.0695. The van der Waals surface area contributed by atoms with E-state index in [1.165, 1.54) is 0 Å². The second kappa shape index (κ2) is 7.66. The average molecular weight is 399 g/mol. The van der Waals surface area contributed by atoms with Crippen molar-refractivity contribution >= 4 is 11.6 Å². The molecule has 8 heteroatoms. The van der Waals surface area contributed by atoms with Crippen LogP contribution in [0, 0.1) is 5.41 Å². The zero-order chi connectivity index (χ0) is 19.8. The van der Waals surface area contributed by atoms with Crippen LogP contribution >= 0.6 is 0 Å². The fourth-order valence-electron chi connectivity index (χ4n) is 5.42. The number of ether oxygens (including phenoxy) is 1. The van der Waals surface area contributed by atoms with E-state index in [2.05, 4.69) is 15.0 Å². The zero-order valence-electron chi connectivity index (χ0n) is 16.7. The summed E-state index contributed by atoms with van der Waals surface area (Å²) in [6.07, 6.45) is 9.64. The molecule has 29 heavy (non-hydrogen) atoms. The first-order valence-corrected chi connectivity index (χ1v) is 10.7. The average Bonchev–Trinajstić information content (AvgIpc) is 3.18. The van der Waals surface area contributed by atoms with E-state index in [1.54, 1.807) is 29.2 Å². The SMILES string of the molecule is O=C(c1cnn2cccnc12)N1CCC2(CC1)CC(O)CN(C1CCOCC1)C2. The summed E-state index contributed by atoms with van der Waals surface area (Å²) in [5.41, 5.74) is 1.28. The van der Waals surface area contributed by atoms with Crippen LogP contribution in [0.3, 0.4) is 0 Å². The summed E-state index contributed by atoms with van der Waals surface area (Å²) in [5, 5.41) is 14.8. The number of β-amino-alcohol motifs (C(OH)–C–C–N with tert-alkyl or cyclic N) is 1. The van der Waals surface area contributed by atoms with Gasteiger partial charge in [-0.05, 0) is 43.6 Å². The van der Waals surface area contributed by atoms with Crippen LogP contribution in [0.1, 0.15) is 42.5 Å². The van der Waals surface area contributed by atoms with Gasteiger partial charge in [0.2, 0.25) is 0 Å². The Hall–Kier alpha value is -2.03. The standard InChI is InChI=1S/C21H29N5O3/c27-17-12-21(15-25(14-17)16-2-10-29-11-3-16)4-8-24(9-5-21)20(28)18-13-23-26-7-1-6-22-19(18)26/h1,6-7,13,16-17,27H,2-5,8-12,14-15H2. The molecule has 3 aliphatic rings. The molecule has 0 aliphatic carbocycles. The number of carbonyl (C=O) groups is 1. The van der Waals surface area contributed by atoms with Gasteiger partial charge in [0.05, 0.1) is 12.3 Å². The summed E-state index contributed by atoms with van der Waals surface area (Å²) >= 11 is 0. The molecule has 2 aromatic rings. The number of fused-ring (bicyclic) bond motifs is 1. The third-order valence-corrected chi connectivity index (χ3v) is 6.98. The lowest BCUT2D eigenvalue weighted by Crippen LogP contribution is -2.57. The number of aliphatic hydroxyl groups excluding tert-OH is 1. The molecule has 8 nitrogen and oxygen atoms in total. The van der Waals surface area contributed by atoms with Gasteiger partial charge >= 0.3 is 0 Å². The molecule has 3 fully saturated rings. The number of aliphatic hydroxyl groups is 1. The Morgan fingerprint density at radius 2 is 2.03 bits per heavy atom. The molecular weight excluding hydrogens is 370 g/mol. The van der Waals surface area contributed by atoms with Crippen LogP contribution in [-0.2, 0) is 4.74 Å². The number of rotatable bonds is 2. The molecule has 5 rings (SSSR count). The second-order valence-corrected chi connectivity index (χ2v) is 8.87. The first-order chi connectivity index (χ1) is 14.1. The predicted octanol–water partition coefficient (Wildman–Crippen LogP) is 1.20. The van der Waals surface area contributed by atoms with Crippen LogP contribution in [0.4, 0.5) is 0 Å². The monoisotopic (exact) mass is 399 g/mol. The van der Waals surface area contributed by atoms with E-state index in [0.717, 1.165) is 71.5 Å². The van der Waals surface area contributed by atoms with Gasteiger partial charge in [-0.3, -0.25) is 9.69 Å². The Balaban J connectivity index is 1.27. The van der Waals surface area contributed by atoms with E-state index in [1.807, 2.05) is 4.90 Å². The Morgan fingerprint density at radius 1 is 1.24 bits per heavy atom. The van der Waals surface area contributed by atoms with Crippen LogP contribution in [0.5, 0.6) is 0 Å². The molecule has 0 bridgehead atoms. The quantitative estimate of drug-likeness (QED) is 0.817. The second-order valence-electron chi connectivity index (χ2n) is 8.87. The van der Waals surface area contributed by atoms with Crippen LogP contribution in [0.15, 0.2) is 24.7 Å². The number of likely N-dealkylation sites (tertiary alicyclic amines) is 2. The number of hydrogen-bond acceptors (Lipinski definition) is 6. The molecule has 3 saturated heterocycles. The molecule has 1 atom stereocenters. The molecular formula is C21H29N5O3. The molecule has 1 unspecified atom stereocenters. The number of piperidine rings is 2. The predicted molar refractivity (Wildman–Crippen MR) is 107 cm³/mol. The number of nitrogens with zero attached hydrogens (tertiary/aromatic N) is 5. The summed E-state index contributed by atoms with van der Waals surface area (Å²) in [5.74, 6) is 0.00573. The fourth-order valence-corrected chi connectivity index (χ4v) is 5.42. The molecule has 3 aliphatic heterocycles. The molecule has 156 valence electrons. The summed E-state index contributed by atoms with van der Waals surface area (Å²) in [6.45, 7) is 4.87. The number of hydrogen-bond donors (Lipinski definition) is 1. The minimum Gasteiger partial charge on any atom is -0.392 e. The molecule has 0 aromatic carbocycles. The summed E-state index contributed by atoms with van der Waals surface area (Å²) < 4.78 is 7.16. The van der Waals surface area contributed by atoms with Gasteiger partial charge in [0.15, 0.2) is 5.65 Å². The van der Waals surface area contributed by atoms with Crippen LogP contribution < -0.4 is 0 Å². The van der Waals surface area contributed by atoms with Gasteiger partial charge in [0.25, 0.3) is 5.91 Å². The third-order valence-electron chi connectivity index (χ3n) is 6.98. The Kier molecular flexibility index (Phi) is 5.01. The Bertz CT molecular complexity index is 870. The molecule has 5 heterocycles. The highest BCUT2D eigenvalue weighted by atomic mass is 16.5. The fraction of sp³-hybridized carbons (Fsp3) is 0.667. The largest absolute Gasteiger partial charge is 0.392 e. The van der Waals surface area contributed by atoms with Crippen molar-refractivity contribution in [2.45, 2.75) is 44.2 Å². The van der Waals surface area contributed by atoms with E-state index in [4.69, 9.17) is 4.74 Å². The van der Waals surface area contributed by atoms with Crippen molar-refractivity contribution in [1.82, 2.24) is 24.4 Å². The van der Waals surface area contributed by atoms with E-state index in [-0.39, 0.29) is 17.4 Å². The minimum atomic E-state index is -0.280. The first-order valence-electron chi connectivity index (χ1n) is 10.7. The van der Waals surface area contributed by atoms with E-state index >= 15 is 0 Å². The summed E-state index contributed by atoms with van der Waals surface area (Å²) in [4.78, 5) is 21.8. The molecule has 1 amide bonds. The van der Waals surface area contributed by atoms with Crippen molar-refractivity contribution in [3.05, 3.63) is 30.2 Å². The Morgan fingerprint density at radius 3 is 2.83 bits per heavy atom. The van der Waals surface area contributed by atoms with Gasteiger partial charge in [-0.2, -0.15) is 5.10 Å². The maximum atomic E-state index is 13.1. The van der Waals surface area contributed by atoms with Crippen LogP contribution in [-0.4, -0.2) is 87.0 Å². The normalized spacial score (nSPS) is 26.2. The van der Waals surface area contributed by atoms with Crippen molar-refractivity contribution < 1.29 is 14.6 Å². The van der Waals surface area contributed by atoms with E-state index in [0.29, 0.717) is 17.3 Å². The van der Waals surface area contributed by atoms with Gasteiger partial charge in [0, 0.05) is 57.8 Å². The van der Waals surface area contributed by atoms with Crippen LogP contribution in [0.2, 0.25) is 0 Å². The van der Waals surface area contributed by atoms with Gasteiger partial charge in [-0.25, -0.2) is 9.50 Å². The maximum Gasteiger partial charge on any atom is 0.259 e. The lowest BCUT2D eigenvalue weighted by Gasteiger charge is -2.51. The van der Waals surface area contributed by atoms with Gasteiger partial charge in [0.1, 0.15) is 5.56 Å². The highest BCUT2D eigenvalue weighted by Crippen LogP contribution is 2.41. The van der Waals surface area contributed by atoms with Crippen molar-refractivity contribution in [3.63, 3.8) is 0 Å². The molecule has 1 N–H and O–H groups in total. The summed E-state index contributed by atoms with van der Waals surface area (Å²) in [6, 6.07) is 2.32. The Labute approximate surface area is 170 Å². The van der Waals surface area contributed by atoms with Crippen LogP contribution in [0.25, 0.3) is 5.65 Å². The van der Waals surface area contributed by atoms with Gasteiger partial charge in [-0.15, -0.1) is 0 Å². The van der Waals surface area contributed by atoms with Crippen molar-refractivity contribution in [2.75, 3.05) is 39.4 Å². The smallest absolute Gasteiger partial charge is 0.259 e. The zero-order valence-corrected chi connectivity index (χ0v) is 16.7. The third kappa shape index (κ3) is 3.65. The van der Waals surface area contributed by atoms with Crippen molar-refractivity contribution in [3.8, 4) is 0 Å². The molecule has 0 saturated carbocycles.